The van der Waals surface area contributed by atoms with E-state index in [1.54, 1.807) is 0 Å². The molecule has 1 aliphatic carbocycles. The van der Waals surface area contributed by atoms with Gasteiger partial charge in [-0.3, -0.25) is 4.90 Å². The fourth-order valence-electron chi connectivity index (χ4n) is 3.20. The smallest absolute Gasteiger partial charge is 0.0206 e. The third kappa shape index (κ3) is 1.63. The van der Waals surface area contributed by atoms with Gasteiger partial charge in [0.1, 0.15) is 0 Å². The summed E-state index contributed by atoms with van der Waals surface area (Å²) in [5.74, 6) is 0.922. The van der Waals surface area contributed by atoms with Crippen molar-refractivity contribution in [1.29, 1.82) is 0 Å². The van der Waals surface area contributed by atoms with Gasteiger partial charge in [0, 0.05) is 5.54 Å². The van der Waals surface area contributed by atoms with Gasteiger partial charge in [-0.05, 0) is 51.6 Å². The van der Waals surface area contributed by atoms with Crippen LogP contribution in [-0.4, -0.2) is 23.5 Å². The molecular weight excluding hydrogens is 158 g/mol. The second-order valence-electron chi connectivity index (χ2n) is 5.20. The molecule has 1 saturated carbocycles. The van der Waals surface area contributed by atoms with Gasteiger partial charge < -0.3 is 0 Å². The molecule has 0 bridgehead atoms. The summed E-state index contributed by atoms with van der Waals surface area (Å²) < 4.78 is 0. The summed E-state index contributed by atoms with van der Waals surface area (Å²) in [6.07, 6.45) is 8.67. The Balaban J connectivity index is 2.03. The Hall–Kier alpha value is -0.0400. The predicted octanol–water partition coefficient (Wildman–Crippen LogP) is 3.05. The summed E-state index contributed by atoms with van der Waals surface area (Å²) in [7, 11) is 0. The van der Waals surface area contributed by atoms with Crippen LogP contribution >= 0.6 is 0 Å². The van der Waals surface area contributed by atoms with Crippen LogP contribution in [0.2, 0.25) is 0 Å². The van der Waals surface area contributed by atoms with Gasteiger partial charge in [0.2, 0.25) is 0 Å². The van der Waals surface area contributed by atoms with E-state index in [2.05, 4.69) is 18.7 Å². The van der Waals surface area contributed by atoms with Crippen molar-refractivity contribution in [2.45, 2.75) is 57.9 Å². The minimum atomic E-state index is 0.556. The molecule has 2 atom stereocenters. The summed E-state index contributed by atoms with van der Waals surface area (Å²) in [6.45, 7) is 7.67. The minimum absolute atomic E-state index is 0.556. The van der Waals surface area contributed by atoms with E-state index in [0.29, 0.717) is 5.54 Å². The maximum atomic E-state index is 2.77. The molecule has 0 aromatic heterocycles. The summed E-state index contributed by atoms with van der Waals surface area (Å²) in [6, 6.07) is 0. The van der Waals surface area contributed by atoms with E-state index in [-0.39, 0.29) is 0 Å². The lowest BCUT2D eigenvalue weighted by atomic mass is 9.87. The highest BCUT2D eigenvalue weighted by Gasteiger charge is 2.40. The van der Waals surface area contributed by atoms with E-state index < -0.39 is 0 Å². The van der Waals surface area contributed by atoms with E-state index in [4.69, 9.17) is 0 Å². The number of nitrogens with zero attached hydrogens (tertiary/aromatic N) is 1. The van der Waals surface area contributed by atoms with Crippen LogP contribution in [0.3, 0.4) is 0 Å². The van der Waals surface area contributed by atoms with Crippen molar-refractivity contribution in [2.75, 3.05) is 13.1 Å². The van der Waals surface area contributed by atoms with Crippen molar-refractivity contribution < 1.29 is 0 Å². The lowest BCUT2D eigenvalue weighted by Crippen LogP contribution is -2.50. The van der Waals surface area contributed by atoms with Crippen LogP contribution in [0, 0.1) is 5.92 Å². The Morgan fingerprint density at radius 1 is 1.08 bits per heavy atom. The van der Waals surface area contributed by atoms with Gasteiger partial charge >= 0.3 is 0 Å². The van der Waals surface area contributed by atoms with Gasteiger partial charge in [0.15, 0.2) is 0 Å². The van der Waals surface area contributed by atoms with Crippen molar-refractivity contribution in [3.05, 3.63) is 0 Å². The highest BCUT2D eigenvalue weighted by molar-refractivity contribution is 4.96. The van der Waals surface area contributed by atoms with E-state index in [1.165, 1.54) is 51.6 Å². The number of hydrogen-bond acceptors (Lipinski definition) is 1. The van der Waals surface area contributed by atoms with Crippen LogP contribution < -0.4 is 0 Å². The van der Waals surface area contributed by atoms with Crippen LogP contribution in [0.25, 0.3) is 0 Å². The van der Waals surface area contributed by atoms with Gasteiger partial charge in [-0.2, -0.15) is 0 Å². The van der Waals surface area contributed by atoms with Crippen LogP contribution in [0.4, 0.5) is 0 Å². The molecule has 2 rings (SSSR count). The molecule has 2 fully saturated rings. The molecule has 13 heavy (non-hydrogen) atoms. The van der Waals surface area contributed by atoms with Crippen molar-refractivity contribution >= 4 is 0 Å². The van der Waals surface area contributed by atoms with Crippen LogP contribution in [0.1, 0.15) is 52.4 Å². The van der Waals surface area contributed by atoms with Crippen molar-refractivity contribution in [1.82, 2.24) is 4.90 Å². The van der Waals surface area contributed by atoms with Crippen LogP contribution in [0.5, 0.6) is 0 Å². The number of hydrogen-bond donors (Lipinski definition) is 0. The van der Waals surface area contributed by atoms with Crippen LogP contribution in [0.15, 0.2) is 0 Å². The Labute approximate surface area is 82.5 Å². The molecule has 0 N–H and O–H groups in total. The first kappa shape index (κ1) is 9.51. The zero-order chi connectivity index (χ0) is 9.31. The largest absolute Gasteiger partial charge is 0.298 e. The third-order valence-corrected chi connectivity index (χ3v) is 4.46. The molecule has 0 aromatic carbocycles. The summed E-state index contributed by atoms with van der Waals surface area (Å²) in [5.41, 5.74) is 0.556. The average Bonchev–Trinajstić information content (AvgIpc) is 2.50. The Morgan fingerprint density at radius 2 is 1.77 bits per heavy atom. The Kier molecular flexibility index (Phi) is 2.64. The van der Waals surface area contributed by atoms with E-state index >= 15 is 0 Å². The normalized spacial score (nSPS) is 42.5. The number of likely N-dealkylation sites (tertiary alicyclic amines) is 1. The second-order valence-corrected chi connectivity index (χ2v) is 5.20. The zero-order valence-corrected chi connectivity index (χ0v) is 9.18. The molecule has 0 aromatic rings. The first-order chi connectivity index (χ1) is 6.23. The van der Waals surface area contributed by atoms with Gasteiger partial charge in [-0.15, -0.1) is 0 Å². The first-order valence-electron chi connectivity index (χ1n) is 5.98. The zero-order valence-electron chi connectivity index (χ0n) is 9.18. The third-order valence-electron chi connectivity index (χ3n) is 4.46. The molecule has 1 unspecified atom stereocenters. The van der Waals surface area contributed by atoms with Crippen LogP contribution in [-0.2, 0) is 0 Å². The maximum absolute atomic E-state index is 2.77. The van der Waals surface area contributed by atoms with Crippen molar-refractivity contribution in [2.24, 2.45) is 5.92 Å². The molecule has 2 aliphatic rings. The topological polar surface area (TPSA) is 3.24 Å². The molecule has 1 saturated heterocycles. The Morgan fingerprint density at radius 3 is 2.31 bits per heavy atom. The summed E-state index contributed by atoms with van der Waals surface area (Å²) >= 11 is 0. The molecule has 1 aliphatic heterocycles. The van der Waals surface area contributed by atoms with Gasteiger partial charge in [0.05, 0.1) is 0 Å². The molecule has 1 heteroatoms. The van der Waals surface area contributed by atoms with E-state index in [9.17, 15) is 0 Å². The molecular formula is C12H23N. The Bertz CT molecular complexity index is 172. The highest BCUT2D eigenvalue weighted by atomic mass is 15.2. The average molecular weight is 181 g/mol. The SMILES string of the molecule is CC1CCC[C@@]1(C)N1CCCCC1. The lowest BCUT2D eigenvalue weighted by molar-refractivity contribution is 0.0544. The highest BCUT2D eigenvalue weighted by Crippen LogP contribution is 2.40. The quantitative estimate of drug-likeness (QED) is 0.601. The second kappa shape index (κ2) is 3.61. The predicted molar refractivity (Wildman–Crippen MR) is 56.8 cm³/mol. The fraction of sp³-hybridized carbons (Fsp3) is 1.00. The van der Waals surface area contributed by atoms with Crippen molar-refractivity contribution in [3.63, 3.8) is 0 Å². The van der Waals surface area contributed by atoms with E-state index in [1.807, 2.05) is 0 Å². The van der Waals surface area contributed by atoms with Gasteiger partial charge in [0.25, 0.3) is 0 Å². The lowest BCUT2D eigenvalue weighted by Gasteiger charge is -2.44. The number of rotatable bonds is 1. The monoisotopic (exact) mass is 181 g/mol. The molecule has 76 valence electrons. The van der Waals surface area contributed by atoms with Crippen molar-refractivity contribution in [3.8, 4) is 0 Å². The standard InChI is InChI=1S/C12H23N/c1-11-7-6-8-12(11,2)13-9-4-3-5-10-13/h11H,3-10H2,1-2H3/t11?,12-/m1/s1. The van der Waals surface area contributed by atoms with E-state index in [0.717, 1.165) is 5.92 Å². The van der Waals surface area contributed by atoms with Gasteiger partial charge in [-0.25, -0.2) is 0 Å². The maximum Gasteiger partial charge on any atom is 0.0206 e. The molecule has 0 amide bonds. The molecule has 1 heterocycles. The molecule has 1 nitrogen and oxygen atoms in total. The van der Waals surface area contributed by atoms with Gasteiger partial charge in [-0.1, -0.05) is 19.8 Å². The number of piperidine rings is 1. The molecule has 0 radical (unpaired) electrons. The minimum Gasteiger partial charge on any atom is -0.298 e. The summed E-state index contributed by atoms with van der Waals surface area (Å²) in [5, 5.41) is 0. The molecule has 0 spiro atoms. The first-order valence-corrected chi connectivity index (χ1v) is 5.98. The summed E-state index contributed by atoms with van der Waals surface area (Å²) in [4.78, 5) is 2.77. The fourth-order valence-corrected chi connectivity index (χ4v) is 3.20.